The highest BCUT2D eigenvalue weighted by Crippen LogP contribution is 2.07. The molecule has 0 saturated carbocycles. The van der Waals surface area contributed by atoms with Crippen LogP contribution in [-0.2, 0) is 11.2 Å². The van der Waals surface area contributed by atoms with E-state index in [1.165, 1.54) is 0 Å². The Labute approximate surface area is 109 Å². The van der Waals surface area contributed by atoms with Crippen molar-refractivity contribution in [2.45, 2.75) is 6.42 Å². The largest absolute Gasteiger partial charge is 0.324 e. The van der Waals surface area contributed by atoms with Gasteiger partial charge in [0.1, 0.15) is 5.65 Å². The summed E-state index contributed by atoms with van der Waals surface area (Å²) in [4.78, 5) is 20.2. The van der Waals surface area contributed by atoms with Crippen molar-refractivity contribution < 1.29 is 4.79 Å². The standard InChI is InChI=1S/C14H12N4O/c19-14(17-11-4-3-6-15-9-11)8-12-10-18-7-2-1-5-13(18)16-12/h1-7,9-10H,8H2,(H,17,19). The number of hydrogen-bond acceptors (Lipinski definition) is 3. The lowest BCUT2D eigenvalue weighted by molar-refractivity contribution is -0.115. The number of nitrogens with zero attached hydrogens (tertiary/aromatic N) is 3. The van der Waals surface area contributed by atoms with Gasteiger partial charge >= 0.3 is 0 Å². The van der Waals surface area contributed by atoms with E-state index in [2.05, 4.69) is 15.3 Å². The zero-order valence-corrected chi connectivity index (χ0v) is 10.2. The molecule has 3 heterocycles. The fraction of sp³-hybridized carbons (Fsp3) is 0.0714. The zero-order chi connectivity index (χ0) is 13.1. The second-order valence-electron chi connectivity index (χ2n) is 4.17. The van der Waals surface area contributed by atoms with E-state index in [9.17, 15) is 4.79 Å². The summed E-state index contributed by atoms with van der Waals surface area (Å²) < 4.78 is 1.90. The average Bonchev–Trinajstić information content (AvgIpc) is 2.81. The van der Waals surface area contributed by atoms with Crippen LogP contribution in [0.2, 0.25) is 0 Å². The molecule has 19 heavy (non-hydrogen) atoms. The molecule has 0 unspecified atom stereocenters. The second kappa shape index (κ2) is 4.89. The van der Waals surface area contributed by atoms with Crippen molar-refractivity contribution in [3.05, 3.63) is 60.8 Å². The molecule has 0 aromatic carbocycles. The molecule has 3 aromatic heterocycles. The lowest BCUT2D eigenvalue weighted by Crippen LogP contribution is -2.14. The maximum absolute atomic E-state index is 11.9. The molecule has 0 aliphatic rings. The van der Waals surface area contributed by atoms with Gasteiger partial charge in [0.05, 0.1) is 24.0 Å². The maximum atomic E-state index is 11.9. The maximum Gasteiger partial charge on any atom is 0.230 e. The molecular formula is C14H12N4O. The number of carbonyl (C=O) groups is 1. The van der Waals surface area contributed by atoms with E-state index in [0.717, 1.165) is 11.3 Å². The van der Waals surface area contributed by atoms with E-state index in [-0.39, 0.29) is 12.3 Å². The quantitative estimate of drug-likeness (QED) is 0.774. The minimum Gasteiger partial charge on any atom is -0.324 e. The molecule has 1 amide bonds. The monoisotopic (exact) mass is 252 g/mol. The first-order valence-corrected chi connectivity index (χ1v) is 5.94. The molecule has 3 rings (SSSR count). The summed E-state index contributed by atoms with van der Waals surface area (Å²) in [6, 6.07) is 9.33. The van der Waals surface area contributed by atoms with Crippen LogP contribution >= 0.6 is 0 Å². The van der Waals surface area contributed by atoms with Crippen molar-refractivity contribution in [2.75, 3.05) is 5.32 Å². The van der Waals surface area contributed by atoms with Gasteiger partial charge in [-0.2, -0.15) is 0 Å². The summed E-state index contributed by atoms with van der Waals surface area (Å²) in [6.07, 6.45) is 7.29. The Kier molecular flexibility index (Phi) is 2.94. The number of nitrogens with one attached hydrogen (secondary N) is 1. The fourth-order valence-electron chi connectivity index (χ4n) is 1.88. The highest BCUT2D eigenvalue weighted by atomic mass is 16.1. The summed E-state index contributed by atoms with van der Waals surface area (Å²) in [5.41, 5.74) is 2.27. The third-order valence-corrected chi connectivity index (χ3v) is 2.70. The molecule has 0 saturated heterocycles. The van der Waals surface area contributed by atoms with Crippen molar-refractivity contribution in [1.29, 1.82) is 0 Å². The molecule has 1 N–H and O–H groups in total. The number of carbonyl (C=O) groups excluding carboxylic acids is 1. The minimum atomic E-state index is -0.101. The Morgan fingerprint density at radius 2 is 2.21 bits per heavy atom. The average molecular weight is 252 g/mol. The second-order valence-corrected chi connectivity index (χ2v) is 4.17. The van der Waals surface area contributed by atoms with Gasteiger partial charge in [-0.05, 0) is 24.3 Å². The highest BCUT2D eigenvalue weighted by molar-refractivity contribution is 5.91. The first kappa shape index (κ1) is 11.4. The number of imidazole rings is 1. The van der Waals surface area contributed by atoms with Gasteiger partial charge in [0.2, 0.25) is 5.91 Å². The summed E-state index contributed by atoms with van der Waals surface area (Å²) in [5, 5.41) is 2.78. The minimum absolute atomic E-state index is 0.101. The number of amides is 1. The van der Waals surface area contributed by atoms with Gasteiger partial charge in [-0.3, -0.25) is 9.78 Å². The van der Waals surface area contributed by atoms with E-state index in [1.807, 2.05) is 35.0 Å². The number of hydrogen-bond donors (Lipinski definition) is 1. The number of aromatic nitrogens is 3. The van der Waals surface area contributed by atoms with Crippen LogP contribution in [0.15, 0.2) is 55.1 Å². The summed E-state index contributed by atoms with van der Waals surface area (Å²) in [5.74, 6) is -0.101. The number of pyridine rings is 2. The van der Waals surface area contributed by atoms with Crippen molar-refractivity contribution in [3.8, 4) is 0 Å². The van der Waals surface area contributed by atoms with Crippen LogP contribution < -0.4 is 5.32 Å². The highest BCUT2D eigenvalue weighted by Gasteiger charge is 2.07. The molecular weight excluding hydrogens is 240 g/mol. The Morgan fingerprint density at radius 1 is 1.26 bits per heavy atom. The molecule has 5 heteroatoms. The SMILES string of the molecule is O=C(Cc1cn2ccccc2n1)Nc1cccnc1. The fourth-order valence-corrected chi connectivity index (χ4v) is 1.88. The molecule has 0 fully saturated rings. The topological polar surface area (TPSA) is 59.3 Å². The van der Waals surface area contributed by atoms with E-state index < -0.39 is 0 Å². The van der Waals surface area contributed by atoms with Crippen molar-refractivity contribution in [1.82, 2.24) is 14.4 Å². The smallest absolute Gasteiger partial charge is 0.230 e. The van der Waals surface area contributed by atoms with Crippen LogP contribution in [0.5, 0.6) is 0 Å². The van der Waals surface area contributed by atoms with E-state index in [4.69, 9.17) is 0 Å². The third-order valence-electron chi connectivity index (χ3n) is 2.70. The van der Waals surface area contributed by atoms with Gasteiger partial charge in [0.15, 0.2) is 0 Å². The molecule has 0 atom stereocenters. The Balaban J connectivity index is 1.72. The predicted octanol–water partition coefficient (Wildman–Crippen LogP) is 1.91. The summed E-state index contributed by atoms with van der Waals surface area (Å²) >= 11 is 0. The van der Waals surface area contributed by atoms with Crippen LogP contribution in [0.4, 0.5) is 5.69 Å². The van der Waals surface area contributed by atoms with Crippen LogP contribution in [-0.4, -0.2) is 20.3 Å². The molecule has 5 nitrogen and oxygen atoms in total. The van der Waals surface area contributed by atoms with E-state index >= 15 is 0 Å². The van der Waals surface area contributed by atoms with E-state index in [1.54, 1.807) is 24.5 Å². The molecule has 0 bridgehead atoms. The van der Waals surface area contributed by atoms with Crippen molar-refractivity contribution >= 4 is 17.2 Å². The van der Waals surface area contributed by atoms with Gasteiger partial charge in [-0.15, -0.1) is 0 Å². The molecule has 94 valence electrons. The Morgan fingerprint density at radius 3 is 3.00 bits per heavy atom. The van der Waals surface area contributed by atoms with Crippen LogP contribution in [0.3, 0.4) is 0 Å². The lowest BCUT2D eigenvalue weighted by Gasteiger charge is -2.02. The first-order valence-electron chi connectivity index (χ1n) is 5.94. The summed E-state index contributed by atoms with van der Waals surface area (Å²) in [7, 11) is 0. The van der Waals surface area contributed by atoms with Gasteiger partial charge in [-0.25, -0.2) is 4.98 Å². The van der Waals surface area contributed by atoms with Crippen LogP contribution in [0.1, 0.15) is 5.69 Å². The predicted molar refractivity (Wildman–Crippen MR) is 71.8 cm³/mol. The van der Waals surface area contributed by atoms with Gasteiger partial charge < -0.3 is 9.72 Å². The van der Waals surface area contributed by atoms with Crippen LogP contribution in [0.25, 0.3) is 5.65 Å². The van der Waals surface area contributed by atoms with Gasteiger partial charge in [0, 0.05) is 18.6 Å². The number of rotatable bonds is 3. The number of anilines is 1. The van der Waals surface area contributed by atoms with Crippen molar-refractivity contribution in [2.24, 2.45) is 0 Å². The normalized spacial score (nSPS) is 10.5. The Bertz CT molecular complexity index is 673. The molecule has 0 spiro atoms. The zero-order valence-electron chi connectivity index (χ0n) is 10.2. The molecule has 3 aromatic rings. The first-order chi connectivity index (χ1) is 9.31. The van der Waals surface area contributed by atoms with Crippen molar-refractivity contribution in [3.63, 3.8) is 0 Å². The summed E-state index contributed by atoms with van der Waals surface area (Å²) in [6.45, 7) is 0. The molecule has 0 aliphatic carbocycles. The number of fused-ring (bicyclic) bond motifs is 1. The van der Waals surface area contributed by atoms with E-state index in [0.29, 0.717) is 5.69 Å². The van der Waals surface area contributed by atoms with Gasteiger partial charge in [-0.1, -0.05) is 6.07 Å². The van der Waals surface area contributed by atoms with Gasteiger partial charge in [0.25, 0.3) is 0 Å². The van der Waals surface area contributed by atoms with Crippen LogP contribution in [0, 0.1) is 0 Å². The molecule has 0 radical (unpaired) electrons. The molecule has 0 aliphatic heterocycles. The Hall–Kier alpha value is -2.69. The third kappa shape index (κ3) is 2.60. The lowest BCUT2D eigenvalue weighted by atomic mass is 10.3.